The highest BCUT2D eigenvalue weighted by Gasteiger charge is 2.36. The van der Waals surface area contributed by atoms with Crippen molar-refractivity contribution in [2.75, 3.05) is 19.6 Å². The van der Waals surface area contributed by atoms with Crippen LogP contribution in [0.5, 0.6) is 0 Å². The van der Waals surface area contributed by atoms with E-state index in [2.05, 4.69) is 4.90 Å². The van der Waals surface area contributed by atoms with Gasteiger partial charge >= 0.3 is 0 Å². The highest BCUT2D eigenvalue weighted by molar-refractivity contribution is 5.23. The van der Waals surface area contributed by atoms with Crippen molar-refractivity contribution in [3.63, 3.8) is 0 Å². The van der Waals surface area contributed by atoms with Gasteiger partial charge in [-0.15, -0.1) is 0 Å². The molecule has 1 aromatic rings. The Morgan fingerprint density at radius 2 is 1.89 bits per heavy atom. The molecule has 0 aromatic heterocycles. The lowest BCUT2D eigenvalue weighted by Gasteiger charge is -2.40. The zero-order valence-electron chi connectivity index (χ0n) is 10.1. The second-order valence-electron chi connectivity index (χ2n) is 4.69. The smallest absolute Gasteiger partial charge is 0.194 e. The zero-order valence-corrected chi connectivity index (χ0v) is 10.1. The van der Waals surface area contributed by atoms with Crippen LogP contribution in [0.15, 0.2) is 12.1 Å². The molecule has 5 heteroatoms. The first kappa shape index (κ1) is 13.3. The first-order valence-electron chi connectivity index (χ1n) is 6.04. The molecule has 1 aliphatic heterocycles. The molecule has 0 spiro atoms. The van der Waals surface area contributed by atoms with Crippen molar-refractivity contribution in [1.82, 2.24) is 4.90 Å². The Morgan fingerprint density at radius 1 is 1.22 bits per heavy atom. The molecule has 18 heavy (non-hydrogen) atoms. The number of benzene rings is 1. The summed E-state index contributed by atoms with van der Waals surface area (Å²) in [5.74, 6) is -4.63. The average Bonchev–Trinajstić information content (AvgIpc) is 2.30. The van der Waals surface area contributed by atoms with Gasteiger partial charge in [-0.2, -0.15) is 0 Å². The molecule has 0 radical (unpaired) electrons. The molecular weight excluding hydrogens is 246 g/mol. The molecule has 0 amide bonds. The number of rotatable bonds is 4. The van der Waals surface area contributed by atoms with Gasteiger partial charge in [0.2, 0.25) is 0 Å². The molecule has 1 saturated heterocycles. The van der Waals surface area contributed by atoms with Gasteiger partial charge < -0.3 is 4.90 Å². The Kier molecular flexibility index (Phi) is 3.90. The molecule has 1 fully saturated rings. The van der Waals surface area contributed by atoms with E-state index in [-0.39, 0.29) is 11.5 Å². The summed E-state index contributed by atoms with van der Waals surface area (Å²) >= 11 is 0. The van der Waals surface area contributed by atoms with Crippen LogP contribution in [0.4, 0.5) is 17.6 Å². The molecule has 1 nitrogen and oxygen atoms in total. The average molecular weight is 261 g/mol. The quantitative estimate of drug-likeness (QED) is 0.592. The van der Waals surface area contributed by atoms with E-state index in [1.54, 1.807) is 0 Å². The molecule has 1 unspecified atom stereocenters. The maximum Gasteiger partial charge on any atom is 0.194 e. The molecule has 0 N–H and O–H groups in total. The van der Waals surface area contributed by atoms with Crippen LogP contribution in [-0.2, 0) is 0 Å². The lowest BCUT2D eigenvalue weighted by molar-refractivity contribution is 0.0368. The molecule has 1 aliphatic rings. The third-order valence-electron chi connectivity index (χ3n) is 3.30. The number of halogens is 4. The first-order chi connectivity index (χ1) is 8.54. The predicted molar refractivity (Wildman–Crippen MR) is 60.4 cm³/mol. The second kappa shape index (κ2) is 5.26. The molecule has 2 rings (SSSR count). The van der Waals surface area contributed by atoms with Gasteiger partial charge in [-0.05, 0) is 19.0 Å². The summed E-state index contributed by atoms with van der Waals surface area (Å²) in [5.41, 5.74) is -0.380. The van der Waals surface area contributed by atoms with Crippen LogP contribution in [0.3, 0.4) is 0 Å². The SMILES string of the molecule is CCCN1CC(C(F)c2ccc(F)c(F)c2F)C1. The van der Waals surface area contributed by atoms with Gasteiger partial charge in [0.1, 0.15) is 6.17 Å². The van der Waals surface area contributed by atoms with Gasteiger partial charge in [-0.25, -0.2) is 17.6 Å². The van der Waals surface area contributed by atoms with Gasteiger partial charge in [0, 0.05) is 24.6 Å². The van der Waals surface area contributed by atoms with E-state index in [4.69, 9.17) is 0 Å². The molecule has 1 aromatic carbocycles. The number of nitrogens with zero attached hydrogens (tertiary/aromatic N) is 1. The van der Waals surface area contributed by atoms with Crippen LogP contribution in [0.25, 0.3) is 0 Å². The fourth-order valence-corrected chi connectivity index (χ4v) is 2.30. The maximum atomic E-state index is 14.0. The summed E-state index contributed by atoms with van der Waals surface area (Å²) in [6, 6.07) is 1.75. The lowest BCUT2D eigenvalue weighted by atomic mass is 9.89. The van der Waals surface area contributed by atoms with E-state index in [1.807, 2.05) is 6.92 Å². The highest BCUT2D eigenvalue weighted by Crippen LogP contribution is 2.35. The van der Waals surface area contributed by atoms with Crippen molar-refractivity contribution in [2.45, 2.75) is 19.5 Å². The summed E-state index contributed by atoms with van der Waals surface area (Å²) in [6.07, 6.45) is -0.600. The van der Waals surface area contributed by atoms with Crippen molar-refractivity contribution in [2.24, 2.45) is 5.92 Å². The normalized spacial score (nSPS) is 18.7. The van der Waals surface area contributed by atoms with Gasteiger partial charge in [0.25, 0.3) is 0 Å². The number of likely N-dealkylation sites (tertiary alicyclic amines) is 1. The molecule has 1 heterocycles. The Labute approximate surface area is 103 Å². The molecule has 1 atom stereocenters. The van der Waals surface area contributed by atoms with E-state index in [1.165, 1.54) is 0 Å². The Morgan fingerprint density at radius 3 is 2.50 bits per heavy atom. The summed E-state index contributed by atoms with van der Waals surface area (Å²) in [6.45, 7) is 3.97. The van der Waals surface area contributed by atoms with Crippen molar-refractivity contribution in [1.29, 1.82) is 0 Å². The van der Waals surface area contributed by atoms with Crippen LogP contribution in [0.1, 0.15) is 25.1 Å². The van der Waals surface area contributed by atoms with E-state index in [9.17, 15) is 17.6 Å². The van der Waals surface area contributed by atoms with E-state index in [0.29, 0.717) is 13.1 Å². The summed E-state index contributed by atoms with van der Waals surface area (Å²) in [7, 11) is 0. The van der Waals surface area contributed by atoms with Gasteiger partial charge in [-0.1, -0.05) is 13.0 Å². The minimum absolute atomic E-state index is 0.337. The third kappa shape index (κ3) is 2.36. The minimum Gasteiger partial charge on any atom is -0.302 e. The molecule has 0 saturated carbocycles. The van der Waals surface area contributed by atoms with Crippen LogP contribution in [-0.4, -0.2) is 24.5 Å². The van der Waals surface area contributed by atoms with Crippen LogP contribution >= 0.6 is 0 Å². The highest BCUT2D eigenvalue weighted by atomic mass is 19.2. The fraction of sp³-hybridized carbons (Fsp3) is 0.538. The summed E-state index contributed by atoms with van der Waals surface area (Å²) < 4.78 is 53.2. The molecule has 0 aliphatic carbocycles. The predicted octanol–water partition coefficient (Wildman–Crippen LogP) is 3.46. The van der Waals surface area contributed by atoms with Gasteiger partial charge in [0.05, 0.1) is 0 Å². The van der Waals surface area contributed by atoms with Crippen molar-refractivity contribution in [3.8, 4) is 0 Å². The third-order valence-corrected chi connectivity index (χ3v) is 3.30. The molecule has 0 bridgehead atoms. The van der Waals surface area contributed by atoms with Gasteiger partial charge in [0.15, 0.2) is 17.5 Å². The maximum absolute atomic E-state index is 14.0. The topological polar surface area (TPSA) is 3.24 Å². The van der Waals surface area contributed by atoms with E-state index >= 15 is 0 Å². The molecule has 100 valence electrons. The Hall–Kier alpha value is -1.10. The van der Waals surface area contributed by atoms with Gasteiger partial charge in [-0.3, -0.25) is 0 Å². The molecular formula is C13H15F4N. The Bertz CT molecular complexity index is 429. The number of hydrogen-bond donors (Lipinski definition) is 0. The standard InChI is InChI=1S/C13H15F4N/c1-2-5-18-6-8(7-18)11(15)9-3-4-10(14)13(17)12(9)16/h3-4,8,11H,2,5-7H2,1H3. The second-order valence-corrected chi connectivity index (χ2v) is 4.69. The summed E-state index contributed by atoms with van der Waals surface area (Å²) in [4.78, 5) is 2.05. The zero-order chi connectivity index (χ0) is 13.3. The number of hydrogen-bond acceptors (Lipinski definition) is 1. The monoisotopic (exact) mass is 261 g/mol. The Balaban J connectivity index is 2.07. The minimum atomic E-state index is -1.60. The van der Waals surface area contributed by atoms with E-state index in [0.717, 1.165) is 25.1 Å². The van der Waals surface area contributed by atoms with Crippen molar-refractivity contribution < 1.29 is 17.6 Å². The van der Waals surface area contributed by atoms with Crippen molar-refractivity contribution >= 4 is 0 Å². The summed E-state index contributed by atoms with van der Waals surface area (Å²) in [5, 5.41) is 0. The van der Waals surface area contributed by atoms with Crippen molar-refractivity contribution in [3.05, 3.63) is 35.1 Å². The largest absolute Gasteiger partial charge is 0.302 e. The number of alkyl halides is 1. The van der Waals surface area contributed by atoms with E-state index < -0.39 is 23.6 Å². The lowest BCUT2D eigenvalue weighted by Crippen LogP contribution is -2.48. The fourth-order valence-electron chi connectivity index (χ4n) is 2.30. The first-order valence-corrected chi connectivity index (χ1v) is 6.04. The van der Waals surface area contributed by atoms with Crippen LogP contribution in [0, 0.1) is 23.4 Å². The van der Waals surface area contributed by atoms with Crippen LogP contribution < -0.4 is 0 Å². The van der Waals surface area contributed by atoms with Crippen LogP contribution in [0.2, 0.25) is 0 Å².